The number of nitrogens with one attached hydrogen (secondary N) is 1. The Morgan fingerprint density at radius 2 is 2.05 bits per heavy atom. The third-order valence-electron chi connectivity index (χ3n) is 2.45. The minimum absolute atomic E-state index is 0.0990. The summed E-state index contributed by atoms with van der Waals surface area (Å²) in [6.07, 6.45) is -0.624. The van der Waals surface area contributed by atoms with Gasteiger partial charge in [-0.3, -0.25) is 0 Å². The Morgan fingerprint density at radius 1 is 1.40 bits per heavy atom. The zero-order valence-corrected chi connectivity index (χ0v) is 11.7. The topological polar surface area (TPSA) is 58.6 Å². The minimum Gasteiger partial charge on any atom is -0.444 e. The van der Waals surface area contributed by atoms with Crippen molar-refractivity contribution >= 4 is 6.09 Å². The summed E-state index contributed by atoms with van der Waals surface area (Å²) >= 11 is 0. The predicted molar refractivity (Wildman–Crippen MR) is 70.2 cm³/mol. The Balaban J connectivity index is 2.86. The third kappa shape index (κ3) is 5.13. The van der Waals surface area contributed by atoms with Gasteiger partial charge in [0.25, 0.3) is 0 Å². The van der Waals surface area contributed by atoms with Gasteiger partial charge in [-0.05, 0) is 33.3 Å². The summed E-state index contributed by atoms with van der Waals surface area (Å²) < 4.78 is 31.7. The van der Waals surface area contributed by atoms with Crippen LogP contribution in [0.4, 0.5) is 13.6 Å². The predicted octanol–water partition coefficient (Wildman–Crippen LogP) is 2.91. The summed E-state index contributed by atoms with van der Waals surface area (Å²) in [6, 6.07) is 2.29. The highest BCUT2D eigenvalue weighted by Gasteiger charge is 2.22. The van der Waals surface area contributed by atoms with Crippen LogP contribution in [0.15, 0.2) is 18.2 Å². The number of hydrogen-bond donors (Lipinski definition) is 2. The first-order valence-electron chi connectivity index (χ1n) is 6.28. The lowest BCUT2D eigenvalue weighted by molar-refractivity contribution is 0.0495. The number of alkyl carbamates (subject to hydrolysis) is 1. The fourth-order valence-electron chi connectivity index (χ4n) is 1.67. The number of carbonyl (C=O) groups excluding carboxylic acids is 1. The maximum atomic E-state index is 13.7. The SMILES string of the molecule is CC(C)(C)OC(=O)NC(CCO)c1ccc(F)cc1F. The Hall–Kier alpha value is -1.69. The van der Waals surface area contributed by atoms with Crippen molar-refractivity contribution in [3.05, 3.63) is 35.4 Å². The van der Waals surface area contributed by atoms with Gasteiger partial charge in [0.1, 0.15) is 17.2 Å². The van der Waals surface area contributed by atoms with Crippen LogP contribution in [-0.2, 0) is 4.74 Å². The van der Waals surface area contributed by atoms with E-state index in [1.54, 1.807) is 20.8 Å². The van der Waals surface area contributed by atoms with Crippen molar-refractivity contribution in [2.75, 3.05) is 6.61 Å². The quantitative estimate of drug-likeness (QED) is 0.895. The first-order valence-corrected chi connectivity index (χ1v) is 6.28. The molecule has 0 aromatic heterocycles. The number of rotatable bonds is 4. The standard InChI is InChI=1S/C14H19F2NO3/c1-14(2,3)20-13(19)17-12(6-7-18)10-5-4-9(15)8-11(10)16/h4-5,8,12,18H,6-7H2,1-3H3,(H,17,19). The lowest BCUT2D eigenvalue weighted by atomic mass is 10.0. The van der Waals surface area contributed by atoms with Crippen molar-refractivity contribution in [1.82, 2.24) is 5.32 Å². The molecule has 1 atom stereocenters. The number of ether oxygens (including phenoxy) is 1. The summed E-state index contributed by atoms with van der Waals surface area (Å²) in [5.41, 5.74) is -0.582. The van der Waals surface area contributed by atoms with E-state index in [9.17, 15) is 13.6 Å². The molecular weight excluding hydrogens is 268 g/mol. The first kappa shape index (κ1) is 16.4. The molecule has 0 radical (unpaired) electrons. The van der Waals surface area contributed by atoms with Crippen LogP contribution in [0, 0.1) is 11.6 Å². The number of aliphatic hydroxyl groups is 1. The number of carbonyl (C=O) groups is 1. The van der Waals surface area contributed by atoms with Gasteiger partial charge in [0.15, 0.2) is 0 Å². The zero-order valence-electron chi connectivity index (χ0n) is 11.7. The summed E-state index contributed by atoms with van der Waals surface area (Å²) in [4.78, 5) is 11.7. The largest absolute Gasteiger partial charge is 0.444 e. The lowest BCUT2D eigenvalue weighted by Gasteiger charge is -2.23. The molecule has 0 saturated heterocycles. The van der Waals surface area contributed by atoms with Crippen molar-refractivity contribution in [2.24, 2.45) is 0 Å². The van der Waals surface area contributed by atoms with E-state index in [-0.39, 0.29) is 18.6 Å². The van der Waals surface area contributed by atoms with Crippen molar-refractivity contribution in [3.63, 3.8) is 0 Å². The van der Waals surface area contributed by atoms with E-state index in [0.29, 0.717) is 0 Å². The molecule has 1 aromatic carbocycles. The molecule has 0 heterocycles. The smallest absolute Gasteiger partial charge is 0.408 e. The molecule has 1 aromatic rings. The van der Waals surface area contributed by atoms with Crippen LogP contribution in [0.3, 0.4) is 0 Å². The van der Waals surface area contributed by atoms with Gasteiger partial charge in [-0.25, -0.2) is 13.6 Å². The van der Waals surface area contributed by atoms with E-state index < -0.39 is 29.4 Å². The molecule has 20 heavy (non-hydrogen) atoms. The number of amides is 1. The second-order valence-corrected chi connectivity index (χ2v) is 5.38. The molecule has 1 unspecified atom stereocenters. The maximum Gasteiger partial charge on any atom is 0.408 e. The van der Waals surface area contributed by atoms with E-state index in [1.165, 1.54) is 6.07 Å². The molecule has 0 aliphatic heterocycles. The molecule has 1 rings (SSSR count). The molecule has 2 N–H and O–H groups in total. The molecule has 0 aliphatic carbocycles. The molecule has 112 valence electrons. The highest BCUT2D eigenvalue weighted by molar-refractivity contribution is 5.68. The molecular formula is C14H19F2NO3. The van der Waals surface area contributed by atoms with Gasteiger partial charge in [0, 0.05) is 18.2 Å². The van der Waals surface area contributed by atoms with Crippen LogP contribution in [0.1, 0.15) is 38.8 Å². The van der Waals surface area contributed by atoms with E-state index in [0.717, 1.165) is 12.1 Å². The fourth-order valence-corrected chi connectivity index (χ4v) is 1.67. The molecule has 0 aliphatic rings. The van der Waals surface area contributed by atoms with E-state index in [1.807, 2.05) is 0 Å². The van der Waals surface area contributed by atoms with Crippen molar-refractivity contribution in [3.8, 4) is 0 Å². The Kier molecular flexibility index (Phi) is 5.44. The third-order valence-corrected chi connectivity index (χ3v) is 2.45. The number of halogens is 2. The number of aliphatic hydroxyl groups excluding tert-OH is 1. The van der Waals surface area contributed by atoms with Gasteiger partial charge in [0.05, 0.1) is 6.04 Å². The molecule has 1 amide bonds. The Morgan fingerprint density at radius 3 is 2.55 bits per heavy atom. The summed E-state index contributed by atoms with van der Waals surface area (Å²) in [7, 11) is 0. The fraction of sp³-hybridized carbons (Fsp3) is 0.500. The van der Waals surface area contributed by atoms with Crippen LogP contribution in [0.2, 0.25) is 0 Å². The van der Waals surface area contributed by atoms with Crippen LogP contribution in [-0.4, -0.2) is 23.4 Å². The molecule has 0 fully saturated rings. The lowest BCUT2D eigenvalue weighted by Crippen LogP contribution is -2.35. The molecule has 0 saturated carbocycles. The van der Waals surface area contributed by atoms with Gasteiger partial charge in [-0.2, -0.15) is 0 Å². The maximum absolute atomic E-state index is 13.7. The van der Waals surface area contributed by atoms with Crippen LogP contribution in [0.5, 0.6) is 0 Å². The van der Waals surface area contributed by atoms with Gasteiger partial charge in [0.2, 0.25) is 0 Å². The number of hydrogen-bond acceptors (Lipinski definition) is 3. The van der Waals surface area contributed by atoms with Gasteiger partial charge in [-0.15, -0.1) is 0 Å². The van der Waals surface area contributed by atoms with Crippen LogP contribution < -0.4 is 5.32 Å². The molecule has 0 spiro atoms. The summed E-state index contributed by atoms with van der Waals surface area (Å²) in [5.74, 6) is -1.48. The van der Waals surface area contributed by atoms with Crippen molar-refractivity contribution < 1.29 is 23.4 Å². The second kappa shape index (κ2) is 6.65. The minimum atomic E-state index is -0.782. The van der Waals surface area contributed by atoms with Gasteiger partial charge < -0.3 is 15.2 Å². The van der Waals surface area contributed by atoms with Crippen LogP contribution >= 0.6 is 0 Å². The summed E-state index contributed by atoms with van der Waals surface area (Å²) in [5, 5.41) is 11.5. The second-order valence-electron chi connectivity index (χ2n) is 5.38. The van der Waals surface area contributed by atoms with E-state index in [2.05, 4.69) is 5.32 Å². The molecule has 0 bridgehead atoms. The van der Waals surface area contributed by atoms with Crippen LogP contribution in [0.25, 0.3) is 0 Å². The number of benzene rings is 1. The zero-order chi connectivity index (χ0) is 15.3. The Bertz CT molecular complexity index is 472. The highest BCUT2D eigenvalue weighted by atomic mass is 19.1. The average molecular weight is 287 g/mol. The normalized spacial score (nSPS) is 12.9. The average Bonchev–Trinajstić information content (AvgIpc) is 2.25. The van der Waals surface area contributed by atoms with Crippen molar-refractivity contribution in [1.29, 1.82) is 0 Å². The van der Waals surface area contributed by atoms with Gasteiger partial charge in [-0.1, -0.05) is 6.07 Å². The molecule has 4 nitrogen and oxygen atoms in total. The Labute approximate surface area is 116 Å². The van der Waals surface area contributed by atoms with E-state index >= 15 is 0 Å². The molecule has 6 heteroatoms. The highest BCUT2D eigenvalue weighted by Crippen LogP contribution is 2.21. The van der Waals surface area contributed by atoms with Crippen molar-refractivity contribution in [2.45, 2.75) is 38.8 Å². The summed E-state index contributed by atoms with van der Waals surface area (Å²) in [6.45, 7) is 4.85. The van der Waals surface area contributed by atoms with E-state index in [4.69, 9.17) is 9.84 Å². The monoisotopic (exact) mass is 287 g/mol. The van der Waals surface area contributed by atoms with Gasteiger partial charge >= 0.3 is 6.09 Å². The first-order chi connectivity index (χ1) is 9.23.